The molecule has 1 saturated heterocycles. The van der Waals surface area contributed by atoms with Gasteiger partial charge in [-0.15, -0.1) is 20.5 Å². The lowest BCUT2D eigenvalue weighted by Crippen LogP contribution is -2.61. The lowest BCUT2D eigenvalue weighted by molar-refractivity contribution is -0.913. The number of nitrogens with one attached hydrogen (secondary N) is 2. The Morgan fingerprint density at radius 3 is 1.81 bits per heavy atom. The normalized spacial score (nSPS) is 21.8. The van der Waals surface area contributed by atoms with Gasteiger partial charge in [0.05, 0.1) is 48.8 Å². The molecule has 5 aromatic carbocycles. The average molecular weight is 575 g/mol. The van der Waals surface area contributed by atoms with E-state index in [1.807, 2.05) is 54.6 Å². The van der Waals surface area contributed by atoms with Crippen molar-refractivity contribution in [3.63, 3.8) is 0 Å². The zero-order valence-corrected chi connectivity index (χ0v) is 24.6. The highest BCUT2D eigenvalue weighted by Gasteiger charge is 2.42. The maximum Gasteiger partial charge on any atom is 0.119 e. The summed E-state index contributed by atoms with van der Waals surface area (Å²) >= 11 is 6.27. The number of benzene rings is 5. The Kier molecular flexibility index (Phi) is 6.64. The molecule has 2 N–H and O–H groups in total. The molecule has 0 aromatic heterocycles. The van der Waals surface area contributed by atoms with Crippen LogP contribution in [0.25, 0.3) is 21.5 Å². The van der Waals surface area contributed by atoms with Gasteiger partial charge in [-0.3, -0.25) is 0 Å². The molecule has 2 aliphatic rings. The van der Waals surface area contributed by atoms with Gasteiger partial charge < -0.3 is 15.1 Å². The summed E-state index contributed by atoms with van der Waals surface area (Å²) in [6.07, 6.45) is 2.16. The van der Waals surface area contributed by atoms with Gasteiger partial charge in [0.15, 0.2) is 0 Å². The van der Waals surface area contributed by atoms with Crippen LogP contribution in [0, 0.1) is 0 Å². The first-order chi connectivity index (χ1) is 20.5. The summed E-state index contributed by atoms with van der Waals surface area (Å²) in [7, 11) is 2.36. The highest BCUT2D eigenvalue weighted by Crippen LogP contribution is 2.45. The summed E-state index contributed by atoms with van der Waals surface area (Å²) in [5, 5.41) is 30.8. The second-order valence-electron chi connectivity index (χ2n) is 11.6. The Morgan fingerprint density at radius 2 is 1.17 bits per heavy atom. The Bertz CT molecular complexity index is 1860. The summed E-state index contributed by atoms with van der Waals surface area (Å²) in [6.45, 7) is 5.77. The molecule has 1 spiro atoms. The number of likely N-dealkylation sites (tertiary alicyclic amines) is 1. The summed E-state index contributed by atoms with van der Waals surface area (Å²) < 4.78 is 1.13. The van der Waals surface area contributed by atoms with Gasteiger partial charge in [-0.05, 0) is 49.4 Å². The number of anilines is 2. The molecule has 2 aliphatic heterocycles. The van der Waals surface area contributed by atoms with Crippen LogP contribution in [0.2, 0.25) is 5.02 Å². The molecule has 8 heteroatoms. The fourth-order valence-electron chi connectivity index (χ4n) is 6.15. The van der Waals surface area contributed by atoms with Crippen molar-refractivity contribution in [2.45, 2.75) is 25.4 Å². The number of rotatable bonds is 5. The molecule has 0 radical (unpaired) electrons. The highest BCUT2D eigenvalue weighted by atomic mass is 35.5. The van der Waals surface area contributed by atoms with Crippen LogP contribution in [0.4, 0.5) is 34.1 Å². The van der Waals surface area contributed by atoms with Crippen molar-refractivity contribution in [1.82, 2.24) is 0 Å². The number of hydrogen-bond donors (Lipinski definition) is 2. The van der Waals surface area contributed by atoms with Crippen LogP contribution in [-0.2, 0) is 0 Å². The third kappa shape index (κ3) is 4.78. The summed E-state index contributed by atoms with van der Waals surface area (Å²) in [6, 6.07) is 30.0. The van der Waals surface area contributed by atoms with E-state index in [-0.39, 0.29) is 5.66 Å². The zero-order valence-electron chi connectivity index (χ0n) is 23.8. The van der Waals surface area contributed by atoms with Crippen LogP contribution in [0.5, 0.6) is 0 Å². The quantitative estimate of drug-likeness (QED) is 0.162. The maximum absolute atomic E-state index is 6.27. The third-order valence-electron chi connectivity index (χ3n) is 8.95. The number of fused-ring (bicyclic) bond motifs is 1. The predicted molar refractivity (Wildman–Crippen MR) is 173 cm³/mol. The molecule has 7 rings (SSSR count). The number of hydrogen-bond acceptors (Lipinski definition) is 6. The van der Waals surface area contributed by atoms with E-state index in [0.29, 0.717) is 10.7 Å². The maximum atomic E-state index is 6.27. The van der Waals surface area contributed by atoms with E-state index in [2.05, 4.69) is 65.2 Å². The molecular weight excluding hydrogens is 542 g/mol. The van der Waals surface area contributed by atoms with E-state index >= 15 is 0 Å². The first-order valence-corrected chi connectivity index (χ1v) is 14.9. The largest absolute Gasteiger partial charge is 0.362 e. The molecule has 0 saturated carbocycles. The number of nitrogens with zero attached hydrogens (tertiary/aromatic N) is 5. The average Bonchev–Trinajstić information content (AvgIpc) is 3.02. The minimum Gasteiger partial charge on any atom is -0.362 e. The molecule has 2 heterocycles. The van der Waals surface area contributed by atoms with E-state index in [1.165, 1.54) is 6.54 Å². The second kappa shape index (κ2) is 10.5. The lowest BCUT2D eigenvalue weighted by Gasteiger charge is -2.49. The minimum absolute atomic E-state index is 0.110. The van der Waals surface area contributed by atoms with E-state index in [9.17, 15) is 0 Å². The Morgan fingerprint density at radius 1 is 0.643 bits per heavy atom. The molecule has 0 amide bonds. The van der Waals surface area contributed by atoms with Gasteiger partial charge in [0.2, 0.25) is 0 Å². The van der Waals surface area contributed by atoms with Gasteiger partial charge in [0.1, 0.15) is 11.4 Å². The van der Waals surface area contributed by atoms with Gasteiger partial charge in [-0.25, -0.2) is 0 Å². The number of halogens is 1. The monoisotopic (exact) mass is 574 g/mol. The van der Waals surface area contributed by atoms with E-state index in [1.54, 1.807) is 6.07 Å². The lowest BCUT2D eigenvalue weighted by atomic mass is 9.90. The van der Waals surface area contributed by atoms with Gasteiger partial charge >= 0.3 is 0 Å². The van der Waals surface area contributed by atoms with Crippen LogP contribution in [0.15, 0.2) is 111 Å². The van der Waals surface area contributed by atoms with E-state index < -0.39 is 0 Å². The van der Waals surface area contributed by atoms with Crippen molar-refractivity contribution in [2.24, 2.45) is 20.5 Å². The first-order valence-electron chi connectivity index (χ1n) is 14.5. The van der Waals surface area contributed by atoms with Gasteiger partial charge in [-0.1, -0.05) is 60.1 Å². The highest BCUT2D eigenvalue weighted by molar-refractivity contribution is 6.32. The fourth-order valence-corrected chi connectivity index (χ4v) is 6.32. The van der Waals surface area contributed by atoms with Crippen molar-refractivity contribution < 1.29 is 4.48 Å². The van der Waals surface area contributed by atoms with Gasteiger partial charge in [0, 0.05) is 45.8 Å². The topological polar surface area (TPSA) is 73.5 Å². The predicted octanol–water partition coefficient (Wildman–Crippen LogP) is 10.3. The summed E-state index contributed by atoms with van der Waals surface area (Å²) in [5.74, 6) is 0. The zero-order chi connectivity index (χ0) is 28.7. The number of azo groups is 2. The van der Waals surface area contributed by atoms with Crippen molar-refractivity contribution in [3.05, 3.63) is 96.0 Å². The number of quaternary nitrogens is 1. The van der Waals surface area contributed by atoms with Gasteiger partial charge in [0.25, 0.3) is 0 Å². The summed E-state index contributed by atoms with van der Waals surface area (Å²) in [5.41, 5.74) is 5.19. The smallest absolute Gasteiger partial charge is 0.119 e. The first kappa shape index (κ1) is 26.6. The molecule has 5 aromatic rings. The van der Waals surface area contributed by atoms with Crippen molar-refractivity contribution in [2.75, 3.05) is 37.3 Å². The molecule has 7 nitrogen and oxygen atoms in total. The molecule has 0 atom stereocenters. The van der Waals surface area contributed by atoms with Crippen LogP contribution in [0.1, 0.15) is 19.8 Å². The SMILES string of the molecule is CC[N+]1(C)CCC2(CC1)Nc1cccc3c(N=Nc4ccc(N=Nc5ccccc5Cl)c5ccccc45)ccc(c13)N2. The third-order valence-corrected chi connectivity index (χ3v) is 9.27. The van der Waals surface area contributed by atoms with E-state index in [4.69, 9.17) is 21.8 Å². The Hall–Kier alpha value is -4.33. The Balaban J connectivity index is 1.20. The van der Waals surface area contributed by atoms with Crippen molar-refractivity contribution in [3.8, 4) is 0 Å². The molecule has 0 unspecified atom stereocenters. The Labute approximate surface area is 250 Å². The number of piperidine rings is 1. The van der Waals surface area contributed by atoms with Crippen LogP contribution in [0.3, 0.4) is 0 Å². The molecule has 210 valence electrons. The molecule has 42 heavy (non-hydrogen) atoms. The van der Waals surface area contributed by atoms with Crippen LogP contribution in [-0.4, -0.2) is 36.8 Å². The second-order valence-corrected chi connectivity index (χ2v) is 12.0. The standard InChI is InChI=1S/C34H33ClN7/c1-3-42(2)21-19-34(20-22-42)36-31-14-8-11-25-29(17-18-32(37-34)33(25)31)40-38-27-15-16-28(24-10-5-4-9-23(24)27)39-41-30-13-7-6-12-26(30)35/h4-18,36-37H,3,19-22H2,1-2H3/q+1. The van der Waals surface area contributed by atoms with Crippen molar-refractivity contribution >= 4 is 67.3 Å². The summed E-state index contributed by atoms with van der Waals surface area (Å²) in [4.78, 5) is 0. The molecular formula is C34H33ClN7+. The molecule has 0 aliphatic carbocycles. The fraction of sp³-hybridized carbons (Fsp3) is 0.235. The van der Waals surface area contributed by atoms with Crippen LogP contribution >= 0.6 is 11.6 Å². The van der Waals surface area contributed by atoms with Crippen LogP contribution < -0.4 is 10.6 Å². The van der Waals surface area contributed by atoms with E-state index in [0.717, 1.165) is 80.4 Å². The molecule has 0 bridgehead atoms. The van der Waals surface area contributed by atoms with Crippen molar-refractivity contribution in [1.29, 1.82) is 0 Å². The minimum atomic E-state index is -0.110. The van der Waals surface area contributed by atoms with Gasteiger partial charge in [-0.2, -0.15) is 0 Å². The molecule has 1 fully saturated rings.